The van der Waals surface area contributed by atoms with Crippen LogP contribution in [0.5, 0.6) is 5.75 Å². The number of benzene rings is 2. The zero-order chi connectivity index (χ0) is 34.5. The molecule has 5 rings (SSSR count). The molecule has 3 atom stereocenters. The summed E-state index contributed by atoms with van der Waals surface area (Å²) in [4.78, 5) is 58.2. The van der Waals surface area contributed by atoms with Gasteiger partial charge in [-0.2, -0.15) is 5.10 Å². The number of hydrogen-bond acceptors (Lipinski definition) is 9. The van der Waals surface area contributed by atoms with Crippen molar-refractivity contribution in [2.45, 2.75) is 90.1 Å². The third-order valence-corrected chi connectivity index (χ3v) is 13.1. The molecule has 0 spiro atoms. The number of imide groups is 1. The third-order valence-electron chi connectivity index (χ3n) is 8.61. The van der Waals surface area contributed by atoms with Crippen LogP contribution < -0.4 is 4.74 Å². The van der Waals surface area contributed by atoms with Crippen molar-refractivity contribution in [1.82, 2.24) is 19.7 Å². The molecule has 0 radical (unpaired) electrons. The average molecular weight is 667 g/mol. The van der Waals surface area contributed by atoms with Crippen LogP contribution in [0.1, 0.15) is 74.8 Å². The fourth-order valence-electron chi connectivity index (χ4n) is 5.25. The lowest BCUT2D eigenvalue weighted by Gasteiger charge is -2.38. The molecule has 252 valence electrons. The van der Waals surface area contributed by atoms with Crippen LogP contribution in [0.2, 0.25) is 18.1 Å². The molecule has 2 aliphatic heterocycles. The number of nitrogens with zero attached hydrogens (tertiary/aromatic N) is 4. The Bertz CT molecular complexity index is 1670. The molecule has 2 aliphatic rings. The zero-order valence-electron chi connectivity index (χ0n) is 28.0. The minimum absolute atomic E-state index is 0.0199. The lowest BCUT2D eigenvalue weighted by molar-refractivity contribution is -0.193. The summed E-state index contributed by atoms with van der Waals surface area (Å²) < 4.78 is 19.6. The first-order valence-corrected chi connectivity index (χ1v) is 18.4. The Morgan fingerprint density at radius 2 is 1.66 bits per heavy atom. The monoisotopic (exact) mass is 666 g/mol. The maximum atomic E-state index is 13.1. The van der Waals surface area contributed by atoms with E-state index in [0.717, 1.165) is 0 Å². The van der Waals surface area contributed by atoms with E-state index in [0.29, 0.717) is 28.1 Å². The number of fused-ring (bicyclic) bond motifs is 2. The Morgan fingerprint density at radius 3 is 2.23 bits per heavy atom. The molecule has 1 N–H and O–H groups in total. The molecule has 3 heterocycles. The SMILES string of the molecule is CC(C)(C)OC(=O)[C@H](COc1ccc2nn(C3CC(O[Si](C)(C)C(C)(C)C)CN3C(=O)O)cc2c1)ON1C(=O)c2ccccc2C1=O. The first-order valence-electron chi connectivity index (χ1n) is 15.5. The van der Waals surface area contributed by atoms with Gasteiger partial charge in [-0.25, -0.2) is 19.1 Å². The molecule has 1 aromatic heterocycles. The van der Waals surface area contributed by atoms with Gasteiger partial charge in [0.15, 0.2) is 8.32 Å². The summed E-state index contributed by atoms with van der Waals surface area (Å²) in [6.45, 7) is 15.7. The molecule has 2 unspecified atom stereocenters. The largest absolute Gasteiger partial charge is 0.490 e. The van der Waals surface area contributed by atoms with E-state index in [2.05, 4.69) is 39.0 Å². The zero-order valence-corrected chi connectivity index (χ0v) is 29.0. The Morgan fingerprint density at radius 1 is 1.02 bits per heavy atom. The number of carbonyl (C=O) groups excluding carboxylic acids is 3. The van der Waals surface area contributed by atoms with Gasteiger partial charge < -0.3 is 19.0 Å². The van der Waals surface area contributed by atoms with E-state index < -0.39 is 50.1 Å². The van der Waals surface area contributed by atoms with Gasteiger partial charge in [0, 0.05) is 18.0 Å². The molecule has 14 heteroatoms. The number of rotatable bonds is 9. The van der Waals surface area contributed by atoms with Gasteiger partial charge >= 0.3 is 12.1 Å². The van der Waals surface area contributed by atoms with Gasteiger partial charge in [-0.1, -0.05) is 32.9 Å². The number of aromatic nitrogens is 2. The van der Waals surface area contributed by atoms with E-state index in [1.54, 1.807) is 62.0 Å². The number of amides is 3. The van der Waals surface area contributed by atoms with Crippen molar-refractivity contribution >= 4 is 43.1 Å². The van der Waals surface area contributed by atoms with Gasteiger partial charge in [0.05, 0.1) is 29.3 Å². The summed E-state index contributed by atoms with van der Waals surface area (Å²) in [5, 5.41) is 15.9. The molecule has 47 heavy (non-hydrogen) atoms. The van der Waals surface area contributed by atoms with Crippen LogP contribution >= 0.6 is 0 Å². The molecule has 1 saturated heterocycles. The van der Waals surface area contributed by atoms with Crippen molar-refractivity contribution in [3.8, 4) is 5.75 Å². The summed E-state index contributed by atoms with van der Waals surface area (Å²) in [6, 6.07) is 11.4. The van der Waals surface area contributed by atoms with E-state index in [1.807, 2.05) is 0 Å². The van der Waals surface area contributed by atoms with E-state index in [4.69, 9.17) is 18.7 Å². The Kier molecular flexibility index (Phi) is 8.99. The van der Waals surface area contributed by atoms with Crippen molar-refractivity contribution in [2.75, 3.05) is 13.2 Å². The highest BCUT2D eigenvalue weighted by Gasteiger charge is 2.45. The van der Waals surface area contributed by atoms with Crippen molar-refractivity contribution in [3.05, 3.63) is 59.8 Å². The number of hydroxylamine groups is 2. The second-order valence-corrected chi connectivity index (χ2v) is 19.1. The number of hydrogen-bond donors (Lipinski definition) is 1. The molecule has 3 amide bonds. The van der Waals surface area contributed by atoms with Crippen LogP contribution in [0.3, 0.4) is 0 Å². The normalized spacial score (nSPS) is 19.3. The number of esters is 1. The van der Waals surface area contributed by atoms with E-state index >= 15 is 0 Å². The summed E-state index contributed by atoms with van der Waals surface area (Å²) in [6.07, 6.45) is -1.10. The van der Waals surface area contributed by atoms with Gasteiger partial charge in [-0.3, -0.25) is 14.5 Å². The fourth-order valence-corrected chi connectivity index (χ4v) is 6.61. The molecule has 0 bridgehead atoms. The van der Waals surface area contributed by atoms with Crippen LogP contribution in [0.25, 0.3) is 10.9 Å². The van der Waals surface area contributed by atoms with Crippen molar-refractivity contribution in [2.24, 2.45) is 0 Å². The van der Waals surface area contributed by atoms with Crippen molar-refractivity contribution < 1.29 is 43.0 Å². The summed E-state index contributed by atoms with van der Waals surface area (Å²) in [5.74, 6) is -1.83. The first kappa shape index (κ1) is 34.1. The average Bonchev–Trinajstić information content (AvgIpc) is 3.64. The van der Waals surface area contributed by atoms with E-state index in [-0.39, 0.29) is 35.4 Å². The Labute approximate surface area is 274 Å². The molecule has 2 aromatic carbocycles. The Hall–Kier alpha value is -4.27. The highest BCUT2D eigenvalue weighted by molar-refractivity contribution is 6.74. The lowest BCUT2D eigenvalue weighted by atomic mass is 10.1. The first-order chi connectivity index (χ1) is 21.8. The Balaban J connectivity index is 1.32. The molecule has 0 saturated carbocycles. The third kappa shape index (κ3) is 7.19. The minimum atomic E-state index is -2.13. The van der Waals surface area contributed by atoms with Crippen molar-refractivity contribution in [1.29, 1.82) is 0 Å². The molecule has 1 fully saturated rings. The van der Waals surface area contributed by atoms with Crippen LogP contribution in [0, 0.1) is 0 Å². The quantitative estimate of drug-likeness (QED) is 0.173. The second kappa shape index (κ2) is 12.4. The number of ether oxygens (including phenoxy) is 2. The van der Waals surface area contributed by atoms with Crippen LogP contribution in [-0.4, -0.2) is 88.0 Å². The van der Waals surface area contributed by atoms with Gasteiger partial charge in [-0.15, -0.1) is 5.06 Å². The number of carbonyl (C=O) groups is 4. The lowest BCUT2D eigenvalue weighted by Crippen LogP contribution is -2.44. The van der Waals surface area contributed by atoms with Crippen LogP contribution in [0.15, 0.2) is 48.7 Å². The summed E-state index contributed by atoms with van der Waals surface area (Å²) in [5.41, 5.74) is 0.0887. The second-order valence-electron chi connectivity index (χ2n) is 14.4. The van der Waals surface area contributed by atoms with Crippen LogP contribution in [-0.2, 0) is 18.8 Å². The number of likely N-dealkylation sites (tertiary alicyclic amines) is 1. The standard InChI is InChI=1S/C33H42N4O9Si/c1-32(2,3)44-30(40)26(45-37-28(38)23-11-9-10-12-24(23)29(37)39)19-43-21-13-14-25-20(15-21)17-36(34-25)27-16-22(18-35(27)31(41)42)46-47(7,8)33(4,5)6/h9-15,17,22,26-27H,16,18-19H2,1-8H3,(H,41,42)/t22?,26-,27?/m0/s1. The van der Waals surface area contributed by atoms with E-state index in [9.17, 15) is 24.3 Å². The van der Waals surface area contributed by atoms with E-state index in [1.165, 1.54) is 17.0 Å². The van der Waals surface area contributed by atoms with Crippen LogP contribution in [0.4, 0.5) is 4.79 Å². The number of carboxylic acid groups (broad SMARTS) is 1. The van der Waals surface area contributed by atoms with Gasteiger partial charge in [-0.05, 0) is 69.2 Å². The van der Waals surface area contributed by atoms with Gasteiger partial charge in [0.25, 0.3) is 11.8 Å². The molecule has 3 aromatic rings. The molecule has 0 aliphatic carbocycles. The fraction of sp³-hybridized carbons (Fsp3) is 0.485. The molecular weight excluding hydrogens is 624 g/mol. The highest BCUT2D eigenvalue weighted by Crippen LogP contribution is 2.40. The predicted molar refractivity (Wildman–Crippen MR) is 173 cm³/mol. The highest BCUT2D eigenvalue weighted by atomic mass is 28.4. The minimum Gasteiger partial charge on any atom is -0.490 e. The predicted octanol–water partition coefficient (Wildman–Crippen LogP) is 5.63. The molecular formula is C33H42N4O9Si. The maximum Gasteiger partial charge on any atom is 0.409 e. The summed E-state index contributed by atoms with van der Waals surface area (Å²) >= 11 is 0. The summed E-state index contributed by atoms with van der Waals surface area (Å²) in [7, 11) is -2.13. The van der Waals surface area contributed by atoms with Gasteiger partial charge in [0.2, 0.25) is 6.10 Å². The molecule has 13 nitrogen and oxygen atoms in total. The van der Waals surface area contributed by atoms with Gasteiger partial charge in [0.1, 0.15) is 24.1 Å². The topological polar surface area (TPSA) is 150 Å². The smallest absolute Gasteiger partial charge is 0.409 e. The maximum absolute atomic E-state index is 13.1. The van der Waals surface area contributed by atoms with Crippen molar-refractivity contribution in [3.63, 3.8) is 0 Å².